The molecule has 0 atom stereocenters. The summed E-state index contributed by atoms with van der Waals surface area (Å²) in [6, 6.07) is 8.77. The lowest BCUT2D eigenvalue weighted by Crippen LogP contribution is -2.15. The molecule has 0 radical (unpaired) electrons. The highest BCUT2D eigenvalue weighted by Gasteiger charge is 2.32. The van der Waals surface area contributed by atoms with Gasteiger partial charge in [-0.2, -0.15) is 13.2 Å². The highest BCUT2D eigenvalue weighted by atomic mass is 19.4. The van der Waals surface area contributed by atoms with E-state index in [1.54, 1.807) is 31.3 Å². The van der Waals surface area contributed by atoms with E-state index < -0.39 is 17.8 Å². The fourth-order valence-electron chi connectivity index (χ4n) is 1.73. The van der Waals surface area contributed by atoms with Gasteiger partial charge in [0.15, 0.2) is 0 Å². The summed E-state index contributed by atoms with van der Waals surface area (Å²) in [7, 11) is 1.67. The van der Waals surface area contributed by atoms with Crippen LogP contribution in [-0.4, -0.2) is 17.9 Å². The maximum absolute atomic E-state index is 12.4. The van der Waals surface area contributed by atoms with Crippen LogP contribution in [0.4, 0.5) is 24.5 Å². The summed E-state index contributed by atoms with van der Waals surface area (Å²) in [5, 5.41) is 5.37. The number of halogens is 3. The largest absolute Gasteiger partial charge is 0.433 e. The molecule has 1 aromatic heterocycles. The summed E-state index contributed by atoms with van der Waals surface area (Å²) in [4.78, 5) is 15.4. The van der Waals surface area contributed by atoms with Crippen LogP contribution in [0.15, 0.2) is 42.6 Å². The van der Waals surface area contributed by atoms with Crippen molar-refractivity contribution >= 4 is 17.3 Å². The number of nitrogens with one attached hydrogen (secondary N) is 2. The number of carbonyl (C=O) groups excluding carboxylic acids is 1. The van der Waals surface area contributed by atoms with Crippen LogP contribution < -0.4 is 10.6 Å². The van der Waals surface area contributed by atoms with Crippen LogP contribution in [0, 0.1) is 0 Å². The zero-order chi connectivity index (χ0) is 15.5. The van der Waals surface area contributed by atoms with Gasteiger partial charge >= 0.3 is 6.18 Å². The van der Waals surface area contributed by atoms with Crippen molar-refractivity contribution in [2.45, 2.75) is 6.18 Å². The van der Waals surface area contributed by atoms with Gasteiger partial charge in [0.1, 0.15) is 5.69 Å². The molecule has 0 aliphatic heterocycles. The minimum Gasteiger partial charge on any atom is -0.387 e. The monoisotopic (exact) mass is 295 g/mol. The first-order valence-electron chi connectivity index (χ1n) is 6.03. The van der Waals surface area contributed by atoms with Crippen LogP contribution in [-0.2, 0) is 6.18 Å². The van der Waals surface area contributed by atoms with Gasteiger partial charge in [-0.1, -0.05) is 12.1 Å². The number of alkyl halides is 3. The average molecular weight is 295 g/mol. The molecule has 0 saturated carbocycles. The van der Waals surface area contributed by atoms with Crippen molar-refractivity contribution in [3.05, 3.63) is 53.9 Å². The normalized spacial score (nSPS) is 11.0. The average Bonchev–Trinajstić information content (AvgIpc) is 2.46. The second kappa shape index (κ2) is 5.82. The first-order chi connectivity index (χ1) is 9.91. The summed E-state index contributed by atoms with van der Waals surface area (Å²) >= 11 is 0. The maximum atomic E-state index is 12.4. The molecular weight excluding hydrogens is 283 g/mol. The molecule has 4 nitrogen and oxygen atoms in total. The van der Waals surface area contributed by atoms with Gasteiger partial charge in [0, 0.05) is 12.7 Å². The lowest BCUT2D eigenvalue weighted by Gasteiger charge is -2.10. The van der Waals surface area contributed by atoms with E-state index in [4.69, 9.17) is 0 Å². The molecule has 2 N–H and O–H groups in total. The second-order valence-corrected chi connectivity index (χ2v) is 4.18. The quantitative estimate of drug-likeness (QED) is 0.912. The summed E-state index contributed by atoms with van der Waals surface area (Å²) in [5.41, 5.74) is 0.199. The Bertz CT molecular complexity index is 639. The van der Waals surface area contributed by atoms with Gasteiger partial charge in [0.05, 0.1) is 17.4 Å². The van der Waals surface area contributed by atoms with Gasteiger partial charge in [-0.15, -0.1) is 0 Å². The van der Waals surface area contributed by atoms with Crippen LogP contribution in [0.2, 0.25) is 0 Å². The molecular formula is C14H12F3N3O. The predicted octanol–water partition coefficient (Wildman–Crippen LogP) is 3.39. The maximum Gasteiger partial charge on any atom is 0.433 e. The smallest absolute Gasteiger partial charge is 0.387 e. The van der Waals surface area contributed by atoms with Crippen molar-refractivity contribution < 1.29 is 18.0 Å². The molecule has 110 valence electrons. The fraction of sp³-hybridized carbons (Fsp3) is 0.143. The molecule has 21 heavy (non-hydrogen) atoms. The number of para-hydroxylation sites is 1. The highest BCUT2D eigenvalue weighted by molar-refractivity contribution is 6.07. The van der Waals surface area contributed by atoms with E-state index >= 15 is 0 Å². The van der Waals surface area contributed by atoms with Crippen LogP contribution in [0.25, 0.3) is 0 Å². The Morgan fingerprint density at radius 2 is 1.86 bits per heavy atom. The number of carbonyl (C=O) groups is 1. The molecule has 7 heteroatoms. The van der Waals surface area contributed by atoms with Crippen LogP contribution >= 0.6 is 0 Å². The van der Waals surface area contributed by atoms with Gasteiger partial charge in [0.2, 0.25) is 0 Å². The Balaban J connectivity index is 2.16. The number of amides is 1. The van der Waals surface area contributed by atoms with Gasteiger partial charge in [-0.25, -0.2) is 4.98 Å². The van der Waals surface area contributed by atoms with Gasteiger partial charge in [-0.05, 0) is 24.3 Å². The number of nitrogens with zero attached hydrogens (tertiary/aromatic N) is 1. The zero-order valence-electron chi connectivity index (χ0n) is 11.0. The lowest BCUT2D eigenvalue weighted by molar-refractivity contribution is -0.141. The van der Waals surface area contributed by atoms with E-state index in [9.17, 15) is 18.0 Å². The Morgan fingerprint density at radius 1 is 1.14 bits per heavy atom. The van der Waals surface area contributed by atoms with Gasteiger partial charge < -0.3 is 10.6 Å². The summed E-state index contributed by atoms with van der Waals surface area (Å²) in [6.45, 7) is 0. The number of hydrogen-bond donors (Lipinski definition) is 2. The SMILES string of the molecule is CNc1ccccc1C(=O)Nc1ccc(C(F)(F)F)nc1. The van der Waals surface area contributed by atoms with E-state index in [1.165, 1.54) is 0 Å². The van der Waals surface area contributed by atoms with Crippen LogP contribution in [0.3, 0.4) is 0 Å². The molecule has 0 aliphatic rings. The highest BCUT2D eigenvalue weighted by Crippen LogP contribution is 2.28. The van der Waals surface area contributed by atoms with Crippen molar-refractivity contribution in [3.8, 4) is 0 Å². The third-order valence-electron chi connectivity index (χ3n) is 2.75. The molecule has 0 fully saturated rings. The Morgan fingerprint density at radius 3 is 2.43 bits per heavy atom. The van der Waals surface area contributed by atoms with Crippen molar-refractivity contribution in [3.63, 3.8) is 0 Å². The van der Waals surface area contributed by atoms with Crippen molar-refractivity contribution in [2.24, 2.45) is 0 Å². The van der Waals surface area contributed by atoms with E-state index in [1.807, 2.05) is 0 Å². The van der Waals surface area contributed by atoms with Gasteiger partial charge in [-0.3, -0.25) is 4.79 Å². The molecule has 0 unspecified atom stereocenters. The molecule has 0 bridgehead atoms. The minimum atomic E-state index is -4.50. The third kappa shape index (κ3) is 3.50. The van der Waals surface area contributed by atoms with Crippen LogP contribution in [0.5, 0.6) is 0 Å². The summed E-state index contributed by atoms with van der Waals surface area (Å²) < 4.78 is 37.2. The lowest BCUT2D eigenvalue weighted by atomic mass is 10.1. The van der Waals surface area contributed by atoms with Gasteiger partial charge in [0.25, 0.3) is 5.91 Å². The first kappa shape index (κ1) is 14.8. The molecule has 2 aromatic rings. The van der Waals surface area contributed by atoms with E-state index in [2.05, 4.69) is 15.6 Å². The second-order valence-electron chi connectivity index (χ2n) is 4.18. The number of benzene rings is 1. The molecule has 0 saturated heterocycles. The Labute approximate surface area is 119 Å². The summed E-state index contributed by atoms with van der Waals surface area (Å²) in [5.74, 6) is -0.429. The van der Waals surface area contributed by atoms with Crippen molar-refractivity contribution in [1.82, 2.24) is 4.98 Å². The number of anilines is 2. The third-order valence-corrected chi connectivity index (χ3v) is 2.75. The minimum absolute atomic E-state index is 0.193. The molecule has 1 aromatic carbocycles. The summed E-state index contributed by atoms with van der Waals surface area (Å²) in [6.07, 6.45) is -3.52. The van der Waals surface area contributed by atoms with Crippen molar-refractivity contribution in [1.29, 1.82) is 0 Å². The van der Waals surface area contributed by atoms with E-state index in [0.717, 1.165) is 18.3 Å². The number of rotatable bonds is 3. The molecule has 1 amide bonds. The first-order valence-corrected chi connectivity index (χ1v) is 6.03. The Hall–Kier alpha value is -2.57. The molecule has 2 rings (SSSR count). The fourth-order valence-corrected chi connectivity index (χ4v) is 1.73. The van der Waals surface area contributed by atoms with E-state index in [-0.39, 0.29) is 5.69 Å². The van der Waals surface area contributed by atoms with Crippen LogP contribution in [0.1, 0.15) is 16.1 Å². The molecule has 0 spiro atoms. The number of hydrogen-bond acceptors (Lipinski definition) is 3. The molecule has 0 aliphatic carbocycles. The zero-order valence-corrected chi connectivity index (χ0v) is 11.0. The number of aromatic nitrogens is 1. The number of pyridine rings is 1. The predicted molar refractivity (Wildman–Crippen MR) is 73.2 cm³/mol. The van der Waals surface area contributed by atoms with Crippen molar-refractivity contribution in [2.75, 3.05) is 17.7 Å². The molecule has 1 heterocycles. The van der Waals surface area contributed by atoms with E-state index in [0.29, 0.717) is 11.3 Å². The Kier molecular flexibility index (Phi) is 4.11. The topological polar surface area (TPSA) is 54.0 Å². The standard InChI is InChI=1S/C14H12F3N3O/c1-18-11-5-3-2-4-10(11)13(21)20-9-6-7-12(19-8-9)14(15,16)17/h2-8,18H,1H3,(H,20,21).